The van der Waals surface area contributed by atoms with E-state index < -0.39 is 0 Å². The van der Waals surface area contributed by atoms with E-state index >= 15 is 0 Å². The molecule has 0 saturated heterocycles. The number of pyridine rings is 1. The monoisotopic (exact) mass is 213 g/mol. The maximum atomic E-state index is 6.02. The van der Waals surface area contributed by atoms with Crippen LogP contribution in [0.2, 0.25) is 0 Å². The first kappa shape index (κ1) is 11.3. The number of rotatable bonds is 4. The summed E-state index contributed by atoms with van der Waals surface area (Å²) in [7, 11) is 0. The molecule has 78 valence electrons. The highest BCUT2D eigenvalue weighted by Crippen LogP contribution is 2.24. The van der Waals surface area contributed by atoms with E-state index in [0.29, 0.717) is 12.5 Å². The molecular weight excluding hydrogens is 198 g/mol. The second-order valence-electron chi connectivity index (χ2n) is 3.35. The zero-order valence-corrected chi connectivity index (χ0v) is 9.58. The second-order valence-corrected chi connectivity index (χ2v) is 4.04. The standard InChI is InChI=1S/C11H16ClNO/c1-4-14-11-5-10(6-13-7-11)8(2)9(3)12/h5-9H,4H2,1-3H3. The summed E-state index contributed by atoms with van der Waals surface area (Å²) in [5.41, 5.74) is 1.12. The molecular formula is C11H16ClNO. The van der Waals surface area contributed by atoms with Crippen LogP contribution in [-0.4, -0.2) is 17.0 Å². The largest absolute Gasteiger partial charge is 0.492 e. The zero-order valence-electron chi connectivity index (χ0n) is 8.83. The summed E-state index contributed by atoms with van der Waals surface area (Å²) in [4.78, 5) is 4.12. The molecule has 14 heavy (non-hydrogen) atoms. The first-order valence-corrected chi connectivity index (χ1v) is 5.30. The van der Waals surface area contributed by atoms with Crippen LogP contribution in [0.1, 0.15) is 32.3 Å². The molecule has 1 aromatic heterocycles. The molecule has 0 N–H and O–H groups in total. The Morgan fingerprint density at radius 1 is 1.43 bits per heavy atom. The van der Waals surface area contributed by atoms with Crippen molar-refractivity contribution in [1.29, 1.82) is 0 Å². The molecule has 2 unspecified atom stereocenters. The average molecular weight is 214 g/mol. The van der Waals surface area contributed by atoms with Crippen LogP contribution in [0.4, 0.5) is 0 Å². The SMILES string of the molecule is CCOc1cncc(C(C)C(C)Cl)c1. The Labute approximate surface area is 90.3 Å². The van der Waals surface area contributed by atoms with Crippen molar-refractivity contribution in [3.8, 4) is 5.75 Å². The van der Waals surface area contributed by atoms with Crippen molar-refractivity contribution in [2.24, 2.45) is 0 Å². The molecule has 0 radical (unpaired) electrons. The van der Waals surface area contributed by atoms with E-state index in [4.69, 9.17) is 16.3 Å². The third kappa shape index (κ3) is 2.88. The molecule has 0 spiro atoms. The highest BCUT2D eigenvalue weighted by atomic mass is 35.5. The molecule has 1 rings (SSSR count). The summed E-state index contributed by atoms with van der Waals surface area (Å²) in [6, 6.07) is 2.00. The molecule has 0 bridgehead atoms. The molecule has 0 fully saturated rings. The number of hydrogen-bond donors (Lipinski definition) is 0. The van der Waals surface area contributed by atoms with Gasteiger partial charge in [0.05, 0.1) is 12.8 Å². The highest BCUT2D eigenvalue weighted by Gasteiger charge is 2.12. The molecule has 0 aromatic carbocycles. The van der Waals surface area contributed by atoms with E-state index in [1.165, 1.54) is 0 Å². The lowest BCUT2D eigenvalue weighted by Gasteiger charge is -2.14. The van der Waals surface area contributed by atoms with Gasteiger partial charge in [0, 0.05) is 11.6 Å². The Kier molecular flexibility index (Phi) is 4.21. The maximum Gasteiger partial charge on any atom is 0.137 e. The predicted octanol–water partition coefficient (Wildman–Crippen LogP) is 3.21. The number of ether oxygens (including phenoxy) is 1. The van der Waals surface area contributed by atoms with Crippen molar-refractivity contribution >= 4 is 11.6 Å². The molecule has 0 amide bonds. The fraction of sp³-hybridized carbons (Fsp3) is 0.545. The van der Waals surface area contributed by atoms with Gasteiger partial charge >= 0.3 is 0 Å². The predicted molar refractivity (Wildman–Crippen MR) is 59.1 cm³/mol. The minimum Gasteiger partial charge on any atom is -0.492 e. The van der Waals surface area contributed by atoms with Crippen LogP contribution < -0.4 is 4.74 Å². The van der Waals surface area contributed by atoms with Gasteiger partial charge < -0.3 is 4.74 Å². The van der Waals surface area contributed by atoms with Crippen molar-refractivity contribution in [2.45, 2.75) is 32.1 Å². The van der Waals surface area contributed by atoms with Gasteiger partial charge in [-0.1, -0.05) is 6.92 Å². The summed E-state index contributed by atoms with van der Waals surface area (Å²) in [5.74, 6) is 1.11. The van der Waals surface area contributed by atoms with Crippen LogP contribution >= 0.6 is 11.6 Å². The average Bonchev–Trinajstić information content (AvgIpc) is 2.17. The van der Waals surface area contributed by atoms with Crippen LogP contribution in [0.3, 0.4) is 0 Å². The Bertz CT molecular complexity index is 288. The van der Waals surface area contributed by atoms with E-state index in [0.717, 1.165) is 11.3 Å². The third-order valence-electron chi connectivity index (χ3n) is 2.26. The Hall–Kier alpha value is -0.760. The highest BCUT2D eigenvalue weighted by molar-refractivity contribution is 6.20. The lowest BCUT2D eigenvalue weighted by atomic mass is 10.0. The van der Waals surface area contributed by atoms with Crippen molar-refractivity contribution in [3.63, 3.8) is 0 Å². The minimum absolute atomic E-state index is 0.105. The Morgan fingerprint density at radius 2 is 2.14 bits per heavy atom. The van der Waals surface area contributed by atoms with Crippen LogP contribution in [0.5, 0.6) is 5.75 Å². The first-order chi connectivity index (χ1) is 6.65. The van der Waals surface area contributed by atoms with E-state index in [9.17, 15) is 0 Å². The smallest absolute Gasteiger partial charge is 0.137 e. The lowest BCUT2D eigenvalue weighted by molar-refractivity contribution is 0.338. The maximum absolute atomic E-state index is 6.02. The van der Waals surface area contributed by atoms with Gasteiger partial charge in [0.15, 0.2) is 0 Å². The molecule has 2 atom stereocenters. The Morgan fingerprint density at radius 3 is 2.71 bits per heavy atom. The van der Waals surface area contributed by atoms with Gasteiger partial charge in [0.25, 0.3) is 0 Å². The first-order valence-electron chi connectivity index (χ1n) is 4.87. The third-order valence-corrected chi connectivity index (χ3v) is 2.64. The van der Waals surface area contributed by atoms with Gasteiger partial charge in [-0.25, -0.2) is 0 Å². The second kappa shape index (κ2) is 5.20. The minimum atomic E-state index is 0.105. The van der Waals surface area contributed by atoms with Crippen LogP contribution in [0, 0.1) is 0 Å². The Balaban J connectivity index is 2.82. The number of alkyl halides is 1. The summed E-state index contributed by atoms with van der Waals surface area (Å²) < 4.78 is 5.37. The molecule has 0 aliphatic heterocycles. The van der Waals surface area contributed by atoms with Crippen molar-refractivity contribution in [2.75, 3.05) is 6.61 Å². The molecule has 2 nitrogen and oxygen atoms in total. The van der Waals surface area contributed by atoms with Crippen LogP contribution in [0.25, 0.3) is 0 Å². The quantitative estimate of drug-likeness (QED) is 0.717. The number of nitrogens with zero attached hydrogens (tertiary/aromatic N) is 1. The van der Waals surface area contributed by atoms with E-state index in [2.05, 4.69) is 11.9 Å². The molecule has 0 aliphatic rings. The number of hydrogen-bond acceptors (Lipinski definition) is 2. The summed E-state index contributed by atoms with van der Waals surface area (Å²) in [6.07, 6.45) is 3.56. The fourth-order valence-corrected chi connectivity index (χ4v) is 1.34. The summed E-state index contributed by atoms with van der Waals surface area (Å²) in [6.45, 7) is 6.69. The molecule has 3 heteroatoms. The topological polar surface area (TPSA) is 22.1 Å². The van der Waals surface area contributed by atoms with Gasteiger partial charge in [-0.3, -0.25) is 4.98 Å². The zero-order chi connectivity index (χ0) is 10.6. The van der Waals surface area contributed by atoms with Gasteiger partial charge in [0.1, 0.15) is 5.75 Å². The van der Waals surface area contributed by atoms with Gasteiger partial charge in [-0.05, 0) is 31.4 Å². The molecule has 1 aromatic rings. The van der Waals surface area contributed by atoms with E-state index in [-0.39, 0.29) is 5.38 Å². The lowest BCUT2D eigenvalue weighted by Crippen LogP contribution is -2.05. The normalized spacial score (nSPS) is 14.9. The van der Waals surface area contributed by atoms with Crippen LogP contribution in [0.15, 0.2) is 18.5 Å². The van der Waals surface area contributed by atoms with Crippen LogP contribution in [-0.2, 0) is 0 Å². The molecule has 0 aliphatic carbocycles. The summed E-state index contributed by atoms with van der Waals surface area (Å²) >= 11 is 6.02. The van der Waals surface area contributed by atoms with Gasteiger partial charge in [-0.2, -0.15) is 0 Å². The number of aromatic nitrogens is 1. The summed E-state index contributed by atoms with van der Waals surface area (Å²) in [5, 5.41) is 0.105. The van der Waals surface area contributed by atoms with Gasteiger partial charge in [0.2, 0.25) is 0 Å². The van der Waals surface area contributed by atoms with Crippen molar-refractivity contribution in [3.05, 3.63) is 24.0 Å². The number of halogens is 1. The van der Waals surface area contributed by atoms with Crippen molar-refractivity contribution in [1.82, 2.24) is 4.98 Å². The molecule has 0 saturated carbocycles. The van der Waals surface area contributed by atoms with Crippen molar-refractivity contribution < 1.29 is 4.74 Å². The van der Waals surface area contributed by atoms with Gasteiger partial charge in [-0.15, -0.1) is 11.6 Å². The van der Waals surface area contributed by atoms with E-state index in [1.54, 1.807) is 6.20 Å². The molecule has 1 heterocycles. The van der Waals surface area contributed by atoms with E-state index in [1.807, 2.05) is 26.1 Å². The fourth-order valence-electron chi connectivity index (χ4n) is 1.20.